The van der Waals surface area contributed by atoms with Crippen LogP contribution >= 0.6 is 0 Å². The molecule has 3 nitrogen and oxygen atoms in total. The summed E-state index contributed by atoms with van der Waals surface area (Å²) in [6.45, 7) is 7.43. The van der Waals surface area contributed by atoms with E-state index in [4.69, 9.17) is 5.73 Å². The first-order valence-corrected chi connectivity index (χ1v) is 11.4. The standard InChI is InChI=1S/C24H39NO2/c1-15(4-9-22(25)27)19-7-8-20-18-6-5-16-14-17(26)10-12-23(16,2)21(18)11-13-24(19,20)3/h6,15-17,19-21,26H,4-5,7-14H2,1-3H3,(H2,25,27)/t15-,16-,17-,19-,20+,21+,23+,24-/m1/s1. The average molecular weight is 374 g/mol. The summed E-state index contributed by atoms with van der Waals surface area (Å²) in [5.74, 6) is 3.30. The Labute approximate surface area is 165 Å². The number of hydrogen-bond acceptors (Lipinski definition) is 2. The van der Waals surface area contributed by atoms with E-state index in [1.807, 2.05) is 0 Å². The van der Waals surface area contributed by atoms with Crippen molar-refractivity contribution < 1.29 is 9.90 Å². The Bertz CT molecular complexity index is 628. The third-order valence-corrected chi connectivity index (χ3v) is 9.66. The molecule has 0 unspecified atom stereocenters. The Morgan fingerprint density at radius 3 is 2.63 bits per heavy atom. The van der Waals surface area contributed by atoms with Gasteiger partial charge in [-0.05, 0) is 98.2 Å². The summed E-state index contributed by atoms with van der Waals surface area (Å²) in [5, 5.41) is 10.2. The lowest BCUT2D eigenvalue weighted by atomic mass is 9.47. The predicted molar refractivity (Wildman–Crippen MR) is 109 cm³/mol. The molecular formula is C24H39NO2. The lowest BCUT2D eigenvalue weighted by Gasteiger charge is -2.57. The van der Waals surface area contributed by atoms with Crippen molar-refractivity contribution in [3.05, 3.63) is 11.6 Å². The lowest BCUT2D eigenvalue weighted by Crippen LogP contribution is -2.49. The number of carbonyl (C=O) groups excluding carboxylic acids is 1. The molecule has 1 amide bonds. The fraction of sp³-hybridized carbons (Fsp3) is 0.875. The SMILES string of the molecule is C[C@H](CCC(N)=O)[C@H]1CC[C@H]2C3=CC[C@@H]4C[C@H](O)CC[C@]4(C)[C@H]3CC[C@]12C. The van der Waals surface area contributed by atoms with Gasteiger partial charge < -0.3 is 10.8 Å². The molecule has 3 N–H and O–H groups in total. The maximum atomic E-state index is 11.3. The van der Waals surface area contributed by atoms with Crippen LogP contribution in [0.4, 0.5) is 0 Å². The summed E-state index contributed by atoms with van der Waals surface area (Å²) >= 11 is 0. The highest BCUT2D eigenvalue weighted by molar-refractivity contribution is 5.73. The van der Waals surface area contributed by atoms with E-state index in [-0.39, 0.29) is 12.0 Å². The summed E-state index contributed by atoms with van der Waals surface area (Å²) in [4.78, 5) is 11.3. The number of primary amides is 1. The Hall–Kier alpha value is -0.830. The zero-order chi connectivity index (χ0) is 19.4. The van der Waals surface area contributed by atoms with Gasteiger partial charge in [0.1, 0.15) is 0 Å². The number of allylic oxidation sites excluding steroid dienone is 2. The molecule has 3 heteroatoms. The predicted octanol–water partition coefficient (Wildman–Crippen LogP) is 4.83. The van der Waals surface area contributed by atoms with Gasteiger partial charge in [-0.3, -0.25) is 4.79 Å². The first-order chi connectivity index (χ1) is 12.8. The van der Waals surface area contributed by atoms with E-state index in [9.17, 15) is 9.90 Å². The van der Waals surface area contributed by atoms with Crippen molar-refractivity contribution in [2.75, 3.05) is 0 Å². The van der Waals surface area contributed by atoms with Crippen molar-refractivity contribution in [3.63, 3.8) is 0 Å². The zero-order valence-corrected chi connectivity index (χ0v) is 17.5. The quantitative estimate of drug-likeness (QED) is 0.693. The van der Waals surface area contributed by atoms with E-state index in [2.05, 4.69) is 26.8 Å². The summed E-state index contributed by atoms with van der Waals surface area (Å²) in [7, 11) is 0. The minimum Gasteiger partial charge on any atom is -0.393 e. The highest BCUT2D eigenvalue weighted by atomic mass is 16.3. The van der Waals surface area contributed by atoms with Gasteiger partial charge in [-0.2, -0.15) is 0 Å². The summed E-state index contributed by atoms with van der Waals surface area (Å²) in [5.41, 5.74) is 8.00. The maximum absolute atomic E-state index is 11.3. The Morgan fingerprint density at radius 2 is 1.89 bits per heavy atom. The number of carbonyl (C=O) groups is 1. The molecule has 4 aliphatic carbocycles. The molecule has 4 rings (SSSR count). The number of nitrogens with two attached hydrogens (primary N) is 1. The van der Waals surface area contributed by atoms with Crippen LogP contribution in [-0.2, 0) is 4.79 Å². The third-order valence-electron chi connectivity index (χ3n) is 9.66. The van der Waals surface area contributed by atoms with Gasteiger partial charge in [0.25, 0.3) is 0 Å². The molecule has 152 valence electrons. The number of hydrogen-bond donors (Lipinski definition) is 2. The molecular weight excluding hydrogens is 334 g/mol. The molecule has 3 fully saturated rings. The molecule has 0 spiro atoms. The molecule has 27 heavy (non-hydrogen) atoms. The molecule has 8 atom stereocenters. The van der Waals surface area contributed by atoms with Gasteiger partial charge in [-0.1, -0.05) is 32.4 Å². The van der Waals surface area contributed by atoms with Gasteiger partial charge in [0.2, 0.25) is 5.91 Å². The molecule has 0 radical (unpaired) electrons. The smallest absolute Gasteiger partial charge is 0.217 e. The molecule has 0 aromatic rings. The van der Waals surface area contributed by atoms with Crippen LogP contribution in [0.3, 0.4) is 0 Å². The van der Waals surface area contributed by atoms with Crippen molar-refractivity contribution in [3.8, 4) is 0 Å². The van der Waals surface area contributed by atoms with Crippen LogP contribution in [0.2, 0.25) is 0 Å². The van der Waals surface area contributed by atoms with Crippen LogP contribution in [0, 0.1) is 40.4 Å². The number of aliphatic hydroxyl groups excluding tert-OH is 1. The zero-order valence-electron chi connectivity index (χ0n) is 17.5. The van der Waals surface area contributed by atoms with Crippen molar-refractivity contribution in [1.29, 1.82) is 0 Å². The van der Waals surface area contributed by atoms with Gasteiger partial charge >= 0.3 is 0 Å². The number of amides is 1. The normalized spacial score (nSPS) is 47.4. The van der Waals surface area contributed by atoms with Gasteiger partial charge in [-0.15, -0.1) is 0 Å². The second-order valence-corrected chi connectivity index (χ2v) is 10.9. The third kappa shape index (κ3) is 3.09. The van der Waals surface area contributed by atoms with E-state index in [1.165, 1.54) is 38.5 Å². The van der Waals surface area contributed by atoms with Crippen molar-refractivity contribution in [2.45, 2.75) is 91.1 Å². The number of rotatable bonds is 4. The van der Waals surface area contributed by atoms with E-state index >= 15 is 0 Å². The molecule has 3 saturated carbocycles. The molecule has 0 aliphatic heterocycles. The molecule has 0 bridgehead atoms. The minimum absolute atomic E-state index is 0.0751. The molecule has 0 saturated heterocycles. The van der Waals surface area contributed by atoms with Crippen LogP contribution < -0.4 is 5.73 Å². The van der Waals surface area contributed by atoms with Crippen molar-refractivity contribution in [1.82, 2.24) is 0 Å². The number of aliphatic hydroxyl groups is 1. The topological polar surface area (TPSA) is 63.3 Å². The Kier molecular flexibility index (Phi) is 4.98. The fourth-order valence-electron chi connectivity index (χ4n) is 8.04. The average Bonchev–Trinajstić information content (AvgIpc) is 2.97. The fourth-order valence-corrected chi connectivity index (χ4v) is 8.04. The second kappa shape index (κ2) is 6.90. The Morgan fingerprint density at radius 1 is 1.19 bits per heavy atom. The molecule has 0 aromatic heterocycles. The van der Waals surface area contributed by atoms with Crippen molar-refractivity contribution in [2.24, 2.45) is 46.2 Å². The number of fused-ring (bicyclic) bond motifs is 5. The monoisotopic (exact) mass is 373 g/mol. The molecule has 0 heterocycles. The van der Waals surface area contributed by atoms with E-state index in [0.717, 1.165) is 37.0 Å². The van der Waals surface area contributed by atoms with E-state index in [0.29, 0.717) is 29.1 Å². The molecule has 0 aromatic carbocycles. The first kappa shape index (κ1) is 19.5. The van der Waals surface area contributed by atoms with Crippen molar-refractivity contribution >= 4 is 5.91 Å². The first-order valence-electron chi connectivity index (χ1n) is 11.4. The van der Waals surface area contributed by atoms with Gasteiger partial charge in [0.05, 0.1) is 6.10 Å². The lowest BCUT2D eigenvalue weighted by molar-refractivity contribution is -0.118. The van der Waals surface area contributed by atoms with E-state index < -0.39 is 0 Å². The second-order valence-electron chi connectivity index (χ2n) is 10.9. The largest absolute Gasteiger partial charge is 0.393 e. The van der Waals surface area contributed by atoms with Crippen LogP contribution in [0.1, 0.15) is 85.0 Å². The highest BCUT2D eigenvalue weighted by Crippen LogP contribution is 2.66. The van der Waals surface area contributed by atoms with Gasteiger partial charge in [-0.25, -0.2) is 0 Å². The van der Waals surface area contributed by atoms with Gasteiger partial charge in [0.15, 0.2) is 0 Å². The van der Waals surface area contributed by atoms with Crippen LogP contribution in [-0.4, -0.2) is 17.1 Å². The Balaban J connectivity index is 1.55. The summed E-state index contributed by atoms with van der Waals surface area (Å²) in [6, 6.07) is 0. The highest BCUT2D eigenvalue weighted by Gasteiger charge is 2.58. The summed E-state index contributed by atoms with van der Waals surface area (Å²) in [6.07, 6.45) is 13.7. The van der Waals surface area contributed by atoms with Crippen LogP contribution in [0.5, 0.6) is 0 Å². The van der Waals surface area contributed by atoms with E-state index in [1.54, 1.807) is 5.57 Å². The van der Waals surface area contributed by atoms with Gasteiger partial charge in [0, 0.05) is 6.42 Å². The maximum Gasteiger partial charge on any atom is 0.217 e. The van der Waals surface area contributed by atoms with Crippen LogP contribution in [0.15, 0.2) is 11.6 Å². The minimum atomic E-state index is -0.154. The molecule has 4 aliphatic rings. The summed E-state index contributed by atoms with van der Waals surface area (Å²) < 4.78 is 0. The van der Waals surface area contributed by atoms with Crippen LogP contribution in [0.25, 0.3) is 0 Å².